The van der Waals surface area contributed by atoms with Crippen molar-refractivity contribution in [3.8, 4) is 0 Å². The molecule has 29 heavy (non-hydrogen) atoms. The monoisotopic (exact) mass is 458 g/mol. The van der Waals surface area contributed by atoms with E-state index in [4.69, 9.17) is 14.6 Å². The van der Waals surface area contributed by atoms with Gasteiger partial charge in [-0.25, -0.2) is 17.9 Å². The maximum absolute atomic E-state index is 11.4. The summed E-state index contributed by atoms with van der Waals surface area (Å²) in [6, 6.07) is 4.29. The molecule has 1 atom stereocenters. The first kappa shape index (κ1) is 24.1. The minimum atomic E-state index is -5.08. The van der Waals surface area contributed by atoms with Gasteiger partial charge in [0.2, 0.25) is 10.0 Å². The van der Waals surface area contributed by atoms with Crippen molar-refractivity contribution in [2.45, 2.75) is 50.0 Å². The predicted molar refractivity (Wildman–Crippen MR) is 102 cm³/mol. The maximum Gasteiger partial charge on any atom is 0.490 e. The predicted octanol–water partition coefficient (Wildman–Crippen LogP) is 2.44. The molecular weight excluding hydrogens is 433 g/mol. The molecule has 0 bridgehead atoms. The highest BCUT2D eigenvalue weighted by atomic mass is 32.2. The molecule has 0 saturated carbocycles. The lowest BCUT2D eigenvalue weighted by Crippen LogP contribution is -2.53. The van der Waals surface area contributed by atoms with E-state index in [0.29, 0.717) is 6.61 Å². The molecule has 1 unspecified atom stereocenters. The van der Waals surface area contributed by atoms with E-state index >= 15 is 0 Å². The fraction of sp³-hybridized carbons (Fsp3) is 0.706. The number of hydrogen-bond donors (Lipinski definition) is 2. The summed E-state index contributed by atoms with van der Waals surface area (Å²) in [5, 5.41) is 9.24. The second-order valence-electron chi connectivity index (χ2n) is 7.27. The highest BCUT2D eigenvalue weighted by molar-refractivity contribution is 7.88. The normalized spacial score (nSPS) is 22.7. The summed E-state index contributed by atoms with van der Waals surface area (Å²) in [5.74, 6) is -2.76. The summed E-state index contributed by atoms with van der Waals surface area (Å²) < 4.78 is 63.5. The van der Waals surface area contributed by atoms with Gasteiger partial charge in [-0.2, -0.15) is 13.2 Å². The molecule has 2 fully saturated rings. The quantitative estimate of drug-likeness (QED) is 0.720. The number of carboxylic acids is 1. The SMILES string of the molecule is CS(=O)(=O)NC1CCOC2(CCN(Cc3cccs3)CC2)C1.O=C(O)C(F)(F)F. The van der Waals surface area contributed by atoms with Crippen LogP contribution in [-0.2, 0) is 26.1 Å². The molecule has 12 heteroatoms. The Morgan fingerprint density at radius 1 is 1.41 bits per heavy atom. The van der Waals surface area contributed by atoms with Crippen molar-refractivity contribution in [1.29, 1.82) is 0 Å². The number of hydrogen-bond acceptors (Lipinski definition) is 6. The number of nitrogens with one attached hydrogen (secondary N) is 1. The number of halogens is 3. The molecule has 0 aliphatic carbocycles. The van der Waals surface area contributed by atoms with E-state index < -0.39 is 22.2 Å². The van der Waals surface area contributed by atoms with Gasteiger partial charge >= 0.3 is 12.1 Å². The number of thiophene rings is 1. The molecule has 0 amide bonds. The van der Waals surface area contributed by atoms with Crippen LogP contribution < -0.4 is 4.72 Å². The van der Waals surface area contributed by atoms with Crippen molar-refractivity contribution in [1.82, 2.24) is 9.62 Å². The standard InChI is InChI=1S/C15H24N2O3S2.C2HF3O2/c1-22(18,19)16-13-4-9-20-15(11-13)5-7-17(8-6-15)12-14-3-2-10-21-14;3-2(4,5)1(6)7/h2-3,10,13,16H,4-9,11-12H2,1H3;(H,6,7). The number of likely N-dealkylation sites (tertiary alicyclic amines) is 1. The van der Waals surface area contributed by atoms with Crippen LogP contribution in [-0.4, -0.2) is 68.2 Å². The average molecular weight is 459 g/mol. The molecular formula is C17H25F3N2O5S2. The van der Waals surface area contributed by atoms with Crippen LogP contribution in [0.2, 0.25) is 0 Å². The highest BCUT2D eigenvalue weighted by Gasteiger charge is 2.41. The van der Waals surface area contributed by atoms with Gasteiger partial charge in [-0.15, -0.1) is 11.3 Å². The Kier molecular flexibility index (Phi) is 8.08. The lowest BCUT2D eigenvalue weighted by Gasteiger charge is -2.46. The second-order valence-corrected chi connectivity index (χ2v) is 10.1. The van der Waals surface area contributed by atoms with E-state index in [2.05, 4.69) is 27.1 Å². The van der Waals surface area contributed by atoms with Gasteiger partial charge < -0.3 is 9.84 Å². The Bertz CT molecular complexity index is 761. The van der Waals surface area contributed by atoms with E-state index in [1.807, 2.05) is 0 Å². The zero-order chi connectivity index (χ0) is 21.7. The fourth-order valence-electron chi connectivity index (χ4n) is 3.52. The Balaban J connectivity index is 0.000000370. The summed E-state index contributed by atoms with van der Waals surface area (Å²) in [4.78, 5) is 12.8. The van der Waals surface area contributed by atoms with Gasteiger partial charge in [0.25, 0.3) is 0 Å². The highest BCUT2D eigenvalue weighted by Crippen LogP contribution is 2.35. The number of alkyl halides is 3. The van der Waals surface area contributed by atoms with Crippen molar-refractivity contribution in [2.75, 3.05) is 26.0 Å². The van der Waals surface area contributed by atoms with E-state index in [0.717, 1.165) is 45.3 Å². The zero-order valence-electron chi connectivity index (χ0n) is 15.9. The maximum atomic E-state index is 11.4. The molecule has 2 aliphatic heterocycles. The summed E-state index contributed by atoms with van der Waals surface area (Å²) in [7, 11) is -3.14. The molecule has 3 heterocycles. The first-order chi connectivity index (χ1) is 13.4. The number of rotatable bonds is 4. The number of nitrogens with zero attached hydrogens (tertiary/aromatic N) is 1. The minimum absolute atomic E-state index is 0.0209. The average Bonchev–Trinajstić information content (AvgIpc) is 3.09. The van der Waals surface area contributed by atoms with Crippen LogP contribution in [0.15, 0.2) is 17.5 Å². The molecule has 1 aromatic heterocycles. The van der Waals surface area contributed by atoms with E-state index in [-0.39, 0.29) is 11.6 Å². The number of carboxylic acid groups (broad SMARTS) is 1. The molecule has 3 rings (SSSR count). The van der Waals surface area contributed by atoms with Crippen molar-refractivity contribution in [2.24, 2.45) is 0 Å². The minimum Gasteiger partial charge on any atom is -0.475 e. The molecule has 166 valence electrons. The van der Waals surface area contributed by atoms with Gasteiger partial charge in [0.05, 0.1) is 11.9 Å². The number of sulfonamides is 1. The Morgan fingerprint density at radius 3 is 2.52 bits per heavy atom. The number of aliphatic carboxylic acids is 1. The van der Waals surface area contributed by atoms with E-state index in [9.17, 15) is 21.6 Å². The van der Waals surface area contributed by atoms with Crippen LogP contribution in [0, 0.1) is 0 Å². The number of ether oxygens (including phenoxy) is 1. The smallest absolute Gasteiger partial charge is 0.475 e. The molecule has 1 aromatic rings. The molecule has 2 N–H and O–H groups in total. The Labute approximate surface area is 171 Å². The van der Waals surface area contributed by atoms with Gasteiger partial charge in [-0.3, -0.25) is 4.90 Å². The van der Waals surface area contributed by atoms with Crippen LogP contribution in [0.25, 0.3) is 0 Å². The third-order valence-electron chi connectivity index (χ3n) is 4.84. The van der Waals surface area contributed by atoms with Gasteiger partial charge in [-0.1, -0.05) is 6.07 Å². The first-order valence-electron chi connectivity index (χ1n) is 9.05. The summed E-state index contributed by atoms with van der Waals surface area (Å²) in [6.07, 6.45) is -0.306. The topological polar surface area (TPSA) is 95.9 Å². The number of carbonyl (C=O) groups is 1. The molecule has 0 aromatic carbocycles. The van der Waals surface area contributed by atoms with E-state index in [1.165, 1.54) is 11.1 Å². The molecule has 2 aliphatic rings. The van der Waals surface area contributed by atoms with Crippen molar-refractivity contribution in [3.63, 3.8) is 0 Å². The van der Waals surface area contributed by atoms with Crippen LogP contribution in [0.5, 0.6) is 0 Å². The van der Waals surface area contributed by atoms with Crippen LogP contribution in [0.3, 0.4) is 0 Å². The molecule has 2 saturated heterocycles. The Morgan fingerprint density at radius 2 is 2.03 bits per heavy atom. The van der Waals surface area contributed by atoms with Gasteiger partial charge in [-0.05, 0) is 37.1 Å². The van der Waals surface area contributed by atoms with Crippen molar-refractivity contribution < 1.29 is 36.2 Å². The lowest BCUT2D eigenvalue weighted by molar-refractivity contribution is -0.192. The third-order valence-corrected chi connectivity index (χ3v) is 6.47. The third kappa shape index (κ3) is 8.21. The summed E-state index contributed by atoms with van der Waals surface area (Å²) in [5.41, 5.74) is -0.132. The van der Waals surface area contributed by atoms with Gasteiger partial charge in [0.15, 0.2) is 0 Å². The van der Waals surface area contributed by atoms with Gasteiger partial charge in [0, 0.05) is 37.2 Å². The van der Waals surface area contributed by atoms with Crippen LogP contribution >= 0.6 is 11.3 Å². The summed E-state index contributed by atoms with van der Waals surface area (Å²) in [6.45, 7) is 3.70. The summed E-state index contributed by atoms with van der Waals surface area (Å²) >= 11 is 1.80. The lowest BCUT2D eigenvalue weighted by atomic mass is 9.82. The van der Waals surface area contributed by atoms with Crippen LogP contribution in [0.1, 0.15) is 30.6 Å². The van der Waals surface area contributed by atoms with Crippen LogP contribution in [0.4, 0.5) is 13.2 Å². The van der Waals surface area contributed by atoms with E-state index in [1.54, 1.807) is 11.3 Å². The largest absolute Gasteiger partial charge is 0.490 e. The second kappa shape index (κ2) is 9.73. The molecule has 1 spiro atoms. The van der Waals surface area contributed by atoms with Crippen molar-refractivity contribution >= 4 is 27.3 Å². The van der Waals surface area contributed by atoms with Gasteiger partial charge in [0.1, 0.15) is 0 Å². The zero-order valence-corrected chi connectivity index (χ0v) is 17.6. The molecule has 7 nitrogen and oxygen atoms in total. The fourth-order valence-corrected chi connectivity index (χ4v) is 5.07. The number of piperidine rings is 1. The van der Waals surface area contributed by atoms with Crippen molar-refractivity contribution in [3.05, 3.63) is 22.4 Å². The Hall–Kier alpha value is -1.21. The molecule has 0 radical (unpaired) electrons. The first-order valence-corrected chi connectivity index (χ1v) is 11.8.